The molecule has 5 nitrogen and oxygen atoms in total. The van der Waals surface area contributed by atoms with Crippen molar-refractivity contribution in [3.63, 3.8) is 0 Å². The monoisotopic (exact) mass is 272 g/mol. The fourth-order valence-corrected chi connectivity index (χ4v) is 2.26. The normalized spacial score (nSPS) is 10.5. The molecule has 2 aromatic rings. The molecule has 0 aromatic carbocycles. The maximum Gasteiger partial charge on any atom is 0.341 e. The molecule has 0 unspecified atom stereocenters. The zero-order valence-corrected chi connectivity index (χ0v) is 11.5. The maximum absolute atomic E-state index is 12.2. The van der Waals surface area contributed by atoms with Gasteiger partial charge in [0.25, 0.3) is 5.56 Å². The second-order valence-electron chi connectivity index (χ2n) is 4.71. The Kier molecular flexibility index (Phi) is 3.98. The van der Waals surface area contributed by atoms with Crippen LogP contribution in [0, 0.1) is 13.8 Å². The number of nitrogens with zero attached hydrogens (tertiary/aromatic N) is 2. The molecule has 1 N–H and O–H groups in total. The summed E-state index contributed by atoms with van der Waals surface area (Å²) in [6, 6.07) is 5.50. The van der Waals surface area contributed by atoms with Crippen molar-refractivity contribution in [1.29, 1.82) is 0 Å². The zero-order valence-electron chi connectivity index (χ0n) is 11.5. The highest BCUT2D eigenvalue weighted by molar-refractivity contribution is 5.88. The molecule has 0 amide bonds. The molecule has 0 aliphatic heterocycles. The number of carboxylic acid groups (broad SMARTS) is 1. The van der Waals surface area contributed by atoms with Crippen molar-refractivity contribution in [2.24, 2.45) is 0 Å². The average Bonchev–Trinajstić information content (AvgIpc) is 2.38. The van der Waals surface area contributed by atoms with Gasteiger partial charge in [-0.25, -0.2) is 4.79 Å². The standard InChI is InChI=1S/C15H16N2O3/c1-10-9-11(2)17(14(18)13(10)15(19)20)8-5-12-3-6-16-7-4-12/h3-4,6-7,9H,5,8H2,1-2H3,(H,19,20). The zero-order chi connectivity index (χ0) is 14.7. The van der Waals surface area contributed by atoms with E-state index in [2.05, 4.69) is 4.98 Å². The predicted molar refractivity (Wildman–Crippen MR) is 75.1 cm³/mol. The van der Waals surface area contributed by atoms with Gasteiger partial charge in [-0.1, -0.05) is 0 Å². The number of rotatable bonds is 4. The van der Waals surface area contributed by atoms with E-state index in [1.54, 1.807) is 25.4 Å². The van der Waals surface area contributed by atoms with E-state index in [1.165, 1.54) is 4.57 Å². The number of hydrogen-bond donors (Lipinski definition) is 1. The maximum atomic E-state index is 12.2. The first-order valence-electron chi connectivity index (χ1n) is 6.34. The van der Waals surface area contributed by atoms with Crippen LogP contribution in [-0.2, 0) is 13.0 Å². The van der Waals surface area contributed by atoms with Gasteiger partial charge in [0.2, 0.25) is 0 Å². The number of carboxylic acids is 1. The molecule has 104 valence electrons. The van der Waals surface area contributed by atoms with E-state index in [4.69, 9.17) is 5.11 Å². The van der Waals surface area contributed by atoms with Gasteiger partial charge in [0.05, 0.1) is 0 Å². The van der Waals surface area contributed by atoms with Gasteiger partial charge in [0, 0.05) is 24.6 Å². The van der Waals surface area contributed by atoms with Gasteiger partial charge in [0.1, 0.15) is 5.56 Å². The van der Waals surface area contributed by atoms with Crippen LogP contribution in [0.4, 0.5) is 0 Å². The van der Waals surface area contributed by atoms with Crippen LogP contribution < -0.4 is 5.56 Å². The lowest BCUT2D eigenvalue weighted by atomic mass is 10.1. The lowest BCUT2D eigenvalue weighted by Gasteiger charge is -2.12. The summed E-state index contributed by atoms with van der Waals surface area (Å²) in [6.07, 6.45) is 4.05. The van der Waals surface area contributed by atoms with Gasteiger partial charge in [-0.15, -0.1) is 0 Å². The predicted octanol–water partition coefficient (Wildman–Crippen LogP) is 1.80. The van der Waals surface area contributed by atoms with Crippen LogP contribution in [-0.4, -0.2) is 20.6 Å². The molecular weight excluding hydrogens is 256 g/mol. The van der Waals surface area contributed by atoms with E-state index in [1.807, 2.05) is 19.1 Å². The number of carbonyl (C=O) groups is 1. The second-order valence-corrected chi connectivity index (χ2v) is 4.71. The molecule has 0 atom stereocenters. The summed E-state index contributed by atoms with van der Waals surface area (Å²) >= 11 is 0. The van der Waals surface area contributed by atoms with Crippen LogP contribution in [0.1, 0.15) is 27.2 Å². The largest absolute Gasteiger partial charge is 0.477 e. The Balaban J connectivity index is 2.35. The van der Waals surface area contributed by atoms with Gasteiger partial charge in [0.15, 0.2) is 0 Å². The van der Waals surface area contributed by atoms with Crippen molar-refractivity contribution in [3.8, 4) is 0 Å². The average molecular weight is 272 g/mol. The second kappa shape index (κ2) is 5.69. The first kappa shape index (κ1) is 14.0. The number of aromatic carboxylic acids is 1. The summed E-state index contributed by atoms with van der Waals surface area (Å²) in [6.45, 7) is 3.91. The molecule has 0 radical (unpaired) electrons. The van der Waals surface area contributed by atoms with Crippen LogP contribution >= 0.6 is 0 Å². The van der Waals surface area contributed by atoms with E-state index < -0.39 is 11.5 Å². The molecule has 20 heavy (non-hydrogen) atoms. The molecule has 0 aliphatic rings. The lowest BCUT2D eigenvalue weighted by Crippen LogP contribution is -2.29. The van der Waals surface area contributed by atoms with Gasteiger partial charge < -0.3 is 9.67 Å². The first-order chi connectivity index (χ1) is 9.50. The number of pyridine rings is 2. The van der Waals surface area contributed by atoms with Crippen molar-refractivity contribution in [1.82, 2.24) is 9.55 Å². The summed E-state index contributed by atoms with van der Waals surface area (Å²) < 4.78 is 1.51. The molecule has 2 heterocycles. The van der Waals surface area contributed by atoms with Crippen LogP contribution in [0.2, 0.25) is 0 Å². The molecule has 0 saturated carbocycles. The molecule has 2 aromatic heterocycles. The highest BCUT2D eigenvalue weighted by Gasteiger charge is 2.16. The van der Waals surface area contributed by atoms with Gasteiger partial charge in [-0.2, -0.15) is 0 Å². The third kappa shape index (κ3) is 2.77. The SMILES string of the molecule is Cc1cc(C)n(CCc2ccncc2)c(=O)c1C(=O)O. The van der Waals surface area contributed by atoms with Gasteiger partial charge in [-0.05, 0) is 49.6 Å². The number of aryl methyl sites for hydroxylation is 3. The summed E-state index contributed by atoms with van der Waals surface area (Å²) in [4.78, 5) is 27.3. The van der Waals surface area contributed by atoms with Crippen LogP contribution in [0.15, 0.2) is 35.4 Å². The molecule has 0 spiro atoms. The Hall–Kier alpha value is -2.43. The summed E-state index contributed by atoms with van der Waals surface area (Å²) in [7, 11) is 0. The third-order valence-corrected chi connectivity index (χ3v) is 3.29. The van der Waals surface area contributed by atoms with Crippen LogP contribution in [0.5, 0.6) is 0 Å². The van der Waals surface area contributed by atoms with Crippen LogP contribution in [0.25, 0.3) is 0 Å². The molecule has 0 aliphatic carbocycles. The van der Waals surface area contributed by atoms with Crippen molar-refractivity contribution in [2.75, 3.05) is 0 Å². The minimum absolute atomic E-state index is 0.148. The molecule has 0 bridgehead atoms. The minimum atomic E-state index is -1.18. The van der Waals surface area contributed by atoms with Crippen molar-refractivity contribution in [3.05, 3.63) is 63.3 Å². The number of hydrogen-bond acceptors (Lipinski definition) is 3. The highest BCUT2D eigenvalue weighted by Crippen LogP contribution is 2.08. The Bertz CT molecular complexity index is 690. The Morgan fingerprint density at radius 3 is 2.55 bits per heavy atom. The Morgan fingerprint density at radius 2 is 1.95 bits per heavy atom. The number of aromatic nitrogens is 2. The molecule has 2 rings (SSSR count). The van der Waals surface area contributed by atoms with Crippen molar-refractivity contribution in [2.45, 2.75) is 26.8 Å². The Morgan fingerprint density at radius 1 is 1.30 bits per heavy atom. The fraction of sp³-hybridized carbons (Fsp3) is 0.267. The fourth-order valence-electron chi connectivity index (χ4n) is 2.26. The first-order valence-corrected chi connectivity index (χ1v) is 6.34. The van der Waals surface area contributed by atoms with E-state index >= 15 is 0 Å². The van der Waals surface area contributed by atoms with Crippen LogP contribution in [0.3, 0.4) is 0 Å². The minimum Gasteiger partial charge on any atom is -0.477 e. The van der Waals surface area contributed by atoms with E-state index in [0.29, 0.717) is 18.5 Å². The quantitative estimate of drug-likeness (QED) is 0.921. The smallest absolute Gasteiger partial charge is 0.341 e. The third-order valence-electron chi connectivity index (χ3n) is 3.29. The lowest BCUT2D eigenvalue weighted by molar-refractivity contribution is 0.0693. The van der Waals surface area contributed by atoms with Crippen molar-refractivity contribution >= 4 is 5.97 Å². The summed E-state index contributed by atoms with van der Waals surface area (Å²) in [5.41, 5.74) is 1.74. The highest BCUT2D eigenvalue weighted by atomic mass is 16.4. The molecule has 0 fully saturated rings. The molecule has 0 saturated heterocycles. The van der Waals surface area contributed by atoms with E-state index in [0.717, 1.165) is 11.3 Å². The van der Waals surface area contributed by atoms with Gasteiger partial charge in [-0.3, -0.25) is 9.78 Å². The Labute approximate surface area is 116 Å². The van der Waals surface area contributed by atoms with Crippen molar-refractivity contribution < 1.29 is 9.90 Å². The topological polar surface area (TPSA) is 72.2 Å². The molecular formula is C15H16N2O3. The summed E-state index contributed by atoms with van der Waals surface area (Å²) in [5.74, 6) is -1.18. The van der Waals surface area contributed by atoms with Gasteiger partial charge >= 0.3 is 5.97 Å². The van der Waals surface area contributed by atoms with E-state index in [9.17, 15) is 9.59 Å². The molecule has 5 heteroatoms. The van der Waals surface area contributed by atoms with E-state index in [-0.39, 0.29) is 5.56 Å². The summed E-state index contributed by atoms with van der Waals surface area (Å²) in [5, 5.41) is 9.13.